The van der Waals surface area contributed by atoms with Crippen molar-refractivity contribution in [2.75, 3.05) is 0 Å². The summed E-state index contributed by atoms with van der Waals surface area (Å²) in [5, 5.41) is 19.0. The van der Waals surface area contributed by atoms with E-state index in [1.165, 1.54) is 72.8 Å². The van der Waals surface area contributed by atoms with Gasteiger partial charge in [0.2, 0.25) is 0 Å². The van der Waals surface area contributed by atoms with Crippen LogP contribution in [0.4, 0.5) is 0 Å². The molecule has 11 heteroatoms. The predicted molar refractivity (Wildman–Crippen MR) is 190 cm³/mol. The lowest BCUT2D eigenvalue weighted by Crippen LogP contribution is -2.32. The van der Waals surface area contributed by atoms with Crippen molar-refractivity contribution in [1.82, 2.24) is 0 Å². The highest BCUT2D eigenvalue weighted by Gasteiger charge is 2.51. The molecule has 2 aliphatic rings. The molecule has 54 heavy (non-hydrogen) atoms. The molecule has 0 amide bonds. The summed E-state index contributed by atoms with van der Waals surface area (Å²) in [7, 11) is 0. The standard InChI is InChI=1S/C43H24O11/c44-37(45)27-11-1-3-13-29(27)41(50)53-39(48)23-17-19-33-35(21-23)52-36-22-24(40(49)54-42(51)30-14-4-2-12-28(30)38(46)47)18-20-34(36)43(33)31-15-7-5-9-25(31)26-10-6-8-16-32(26)43/h1-22H,(H,44,45)(H,46,47). The maximum atomic E-state index is 13.4. The van der Waals surface area contributed by atoms with Crippen molar-refractivity contribution in [2.24, 2.45) is 0 Å². The first-order chi connectivity index (χ1) is 26.1. The van der Waals surface area contributed by atoms with Gasteiger partial charge in [0.1, 0.15) is 11.5 Å². The van der Waals surface area contributed by atoms with E-state index in [0.29, 0.717) is 11.1 Å². The molecular weight excluding hydrogens is 692 g/mol. The molecule has 0 atom stereocenters. The molecule has 1 heterocycles. The Labute approximate surface area is 305 Å². The van der Waals surface area contributed by atoms with Crippen molar-refractivity contribution in [3.05, 3.63) is 189 Å². The van der Waals surface area contributed by atoms with E-state index in [1.807, 2.05) is 48.5 Å². The maximum Gasteiger partial charge on any atom is 0.346 e. The van der Waals surface area contributed by atoms with Crippen LogP contribution in [0, 0.1) is 0 Å². The Morgan fingerprint density at radius 3 is 1.20 bits per heavy atom. The Balaban J connectivity index is 1.22. The van der Waals surface area contributed by atoms with Gasteiger partial charge in [-0.1, -0.05) is 84.9 Å². The summed E-state index contributed by atoms with van der Waals surface area (Å²) in [5.41, 5.74) is 2.52. The molecule has 6 aromatic carbocycles. The fourth-order valence-corrected chi connectivity index (χ4v) is 7.26. The molecule has 8 rings (SSSR count). The third kappa shape index (κ3) is 5.22. The van der Waals surface area contributed by atoms with Crippen molar-refractivity contribution >= 4 is 35.8 Å². The van der Waals surface area contributed by atoms with Crippen LogP contribution in [0.5, 0.6) is 11.5 Å². The van der Waals surface area contributed by atoms with Gasteiger partial charge in [0.25, 0.3) is 0 Å². The van der Waals surface area contributed by atoms with Crippen LogP contribution in [0.15, 0.2) is 133 Å². The van der Waals surface area contributed by atoms with Crippen LogP contribution in [-0.4, -0.2) is 46.0 Å². The molecule has 6 aromatic rings. The monoisotopic (exact) mass is 716 g/mol. The number of fused-ring (bicyclic) bond motifs is 9. The number of carbonyl (C=O) groups excluding carboxylic acids is 4. The normalized spacial score (nSPS) is 12.6. The molecule has 0 radical (unpaired) electrons. The molecular formula is C43H24O11. The summed E-state index contributed by atoms with van der Waals surface area (Å²) in [6, 6.07) is 35.5. The smallest absolute Gasteiger partial charge is 0.346 e. The molecule has 262 valence electrons. The SMILES string of the molecule is O=C(OC(=O)c1ccccc1C(=O)O)c1ccc2c(c1)Oc1cc(C(=O)OC(=O)c3ccccc3C(=O)O)ccc1C21c2ccccc2-c2ccccc21. The zero-order valence-electron chi connectivity index (χ0n) is 27.8. The number of esters is 4. The van der Waals surface area contributed by atoms with Crippen molar-refractivity contribution in [3.8, 4) is 22.6 Å². The van der Waals surface area contributed by atoms with Gasteiger partial charge in [-0.15, -0.1) is 0 Å². The van der Waals surface area contributed by atoms with Gasteiger partial charge in [-0.25, -0.2) is 28.8 Å². The topological polar surface area (TPSA) is 171 Å². The van der Waals surface area contributed by atoms with E-state index in [2.05, 4.69) is 0 Å². The van der Waals surface area contributed by atoms with E-state index in [0.717, 1.165) is 22.3 Å². The van der Waals surface area contributed by atoms with Gasteiger partial charge < -0.3 is 24.4 Å². The largest absolute Gasteiger partial charge is 0.478 e. The van der Waals surface area contributed by atoms with Gasteiger partial charge in [-0.3, -0.25) is 0 Å². The van der Waals surface area contributed by atoms with Gasteiger partial charge in [0.15, 0.2) is 0 Å². The van der Waals surface area contributed by atoms with Gasteiger partial charge >= 0.3 is 35.8 Å². The second-order valence-corrected chi connectivity index (χ2v) is 12.4. The number of hydrogen-bond acceptors (Lipinski definition) is 9. The van der Waals surface area contributed by atoms with Crippen molar-refractivity contribution in [1.29, 1.82) is 0 Å². The van der Waals surface area contributed by atoms with Crippen LogP contribution in [0.2, 0.25) is 0 Å². The quantitative estimate of drug-likeness (QED) is 0.129. The van der Waals surface area contributed by atoms with Crippen LogP contribution in [0.1, 0.15) is 84.4 Å². The average Bonchev–Trinajstić information content (AvgIpc) is 3.48. The minimum Gasteiger partial charge on any atom is -0.478 e. The fraction of sp³-hybridized carbons (Fsp3) is 0.0233. The maximum absolute atomic E-state index is 13.4. The van der Waals surface area contributed by atoms with Crippen molar-refractivity contribution in [2.45, 2.75) is 5.41 Å². The van der Waals surface area contributed by atoms with Gasteiger partial charge in [0, 0.05) is 11.1 Å². The molecule has 0 bridgehead atoms. The number of rotatable bonds is 6. The molecule has 11 nitrogen and oxygen atoms in total. The number of carbonyl (C=O) groups is 6. The minimum atomic E-state index is -1.36. The molecule has 0 unspecified atom stereocenters. The third-order valence-corrected chi connectivity index (χ3v) is 9.54. The second kappa shape index (κ2) is 12.8. The fourth-order valence-electron chi connectivity index (χ4n) is 7.26. The Bertz CT molecular complexity index is 2460. The highest BCUT2D eigenvalue weighted by molar-refractivity contribution is 6.09. The first kappa shape index (κ1) is 33.5. The number of hydrogen-bond donors (Lipinski definition) is 2. The van der Waals surface area contributed by atoms with Crippen molar-refractivity contribution in [3.63, 3.8) is 0 Å². The lowest BCUT2D eigenvalue weighted by molar-refractivity contribution is 0.0377. The molecule has 1 spiro atoms. The number of carboxylic acid groups (broad SMARTS) is 2. The molecule has 0 aromatic heterocycles. The van der Waals surface area contributed by atoms with Crippen LogP contribution in [0.25, 0.3) is 11.1 Å². The molecule has 1 aliphatic carbocycles. The summed E-state index contributed by atoms with van der Waals surface area (Å²) in [6.07, 6.45) is 0. The number of ether oxygens (including phenoxy) is 3. The lowest BCUT2D eigenvalue weighted by atomic mass is 9.66. The lowest BCUT2D eigenvalue weighted by Gasteiger charge is -2.39. The Morgan fingerprint density at radius 1 is 0.426 bits per heavy atom. The molecule has 0 saturated carbocycles. The van der Waals surface area contributed by atoms with E-state index >= 15 is 0 Å². The second-order valence-electron chi connectivity index (χ2n) is 12.4. The Morgan fingerprint density at radius 2 is 0.796 bits per heavy atom. The number of benzene rings is 6. The zero-order valence-corrected chi connectivity index (χ0v) is 27.8. The summed E-state index contributed by atoms with van der Waals surface area (Å²) in [5.74, 6) is -6.77. The van der Waals surface area contributed by atoms with Crippen molar-refractivity contribution < 1.29 is 53.2 Å². The van der Waals surface area contributed by atoms with E-state index < -0.39 is 41.2 Å². The minimum absolute atomic E-state index is 0.0775. The molecule has 1 aliphatic heterocycles. The Kier molecular flexibility index (Phi) is 7.96. The first-order valence-corrected chi connectivity index (χ1v) is 16.4. The highest BCUT2D eigenvalue weighted by Crippen LogP contribution is 2.62. The van der Waals surface area contributed by atoms with Crippen LogP contribution in [0.3, 0.4) is 0 Å². The van der Waals surface area contributed by atoms with Crippen LogP contribution in [-0.2, 0) is 14.9 Å². The van der Waals surface area contributed by atoms with Gasteiger partial charge in [-0.05, 0) is 70.8 Å². The summed E-state index contributed by atoms with van der Waals surface area (Å²) >= 11 is 0. The van der Waals surface area contributed by atoms with Gasteiger partial charge in [0.05, 0.1) is 38.8 Å². The molecule has 0 saturated heterocycles. The van der Waals surface area contributed by atoms with Gasteiger partial charge in [-0.2, -0.15) is 0 Å². The number of aromatic carboxylic acids is 2. The van der Waals surface area contributed by atoms with E-state index in [9.17, 15) is 39.0 Å². The van der Waals surface area contributed by atoms with E-state index in [4.69, 9.17) is 14.2 Å². The summed E-state index contributed by atoms with van der Waals surface area (Å²) in [4.78, 5) is 76.1. The highest BCUT2D eigenvalue weighted by atomic mass is 16.6. The van der Waals surface area contributed by atoms with Crippen LogP contribution >= 0.6 is 0 Å². The third-order valence-electron chi connectivity index (χ3n) is 9.54. The number of carboxylic acids is 2. The average molecular weight is 717 g/mol. The van der Waals surface area contributed by atoms with Crippen LogP contribution < -0.4 is 4.74 Å². The molecule has 0 fully saturated rings. The summed E-state index contributed by atoms with van der Waals surface area (Å²) < 4.78 is 16.7. The predicted octanol–water partition coefficient (Wildman–Crippen LogP) is 7.55. The summed E-state index contributed by atoms with van der Waals surface area (Å²) in [6.45, 7) is 0. The first-order valence-electron chi connectivity index (χ1n) is 16.4. The Hall–Kier alpha value is -7.66. The molecule has 2 N–H and O–H groups in total. The van der Waals surface area contributed by atoms with E-state index in [-0.39, 0.29) is 44.9 Å². The van der Waals surface area contributed by atoms with E-state index in [1.54, 1.807) is 12.1 Å². The zero-order chi connectivity index (χ0) is 37.7.